The monoisotopic (exact) mass is 448 g/mol. The molecule has 0 spiro atoms. The highest BCUT2D eigenvalue weighted by molar-refractivity contribution is 6.45. The van der Waals surface area contributed by atoms with Crippen molar-refractivity contribution in [3.63, 3.8) is 0 Å². The SMILES string of the molecule is FC(F)(F)c1nc2c(Cl)c(Cl)cc(Oc3cc(Cl)cc(Cl)c3Cl)c2[nH]1. The van der Waals surface area contributed by atoms with Crippen molar-refractivity contribution in [3.05, 3.63) is 49.1 Å². The molecule has 1 heterocycles. The summed E-state index contributed by atoms with van der Waals surface area (Å²) in [5, 5.41) is 0.169. The summed E-state index contributed by atoms with van der Waals surface area (Å²) in [6.07, 6.45) is -4.71. The van der Waals surface area contributed by atoms with E-state index in [2.05, 4.69) is 9.97 Å². The summed E-state index contributed by atoms with van der Waals surface area (Å²) in [5.41, 5.74) is -0.297. The molecule has 132 valence electrons. The lowest BCUT2D eigenvalue weighted by atomic mass is 10.3. The van der Waals surface area contributed by atoms with Crippen molar-refractivity contribution in [2.45, 2.75) is 6.18 Å². The maximum absolute atomic E-state index is 12.9. The summed E-state index contributed by atoms with van der Waals surface area (Å²) in [4.78, 5) is 5.57. The van der Waals surface area contributed by atoms with E-state index in [0.717, 1.165) is 0 Å². The minimum absolute atomic E-state index is 0.0286. The molecule has 25 heavy (non-hydrogen) atoms. The third-order valence-corrected chi connectivity index (χ3v) is 4.85. The minimum Gasteiger partial charge on any atom is -0.453 e. The molecular weight excluding hydrogens is 446 g/mol. The van der Waals surface area contributed by atoms with E-state index in [0.29, 0.717) is 0 Å². The number of fused-ring (bicyclic) bond motifs is 1. The predicted molar refractivity (Wildman–Crippen MR) is 92.7 cm³/mol. The highest BCUT2D eigenvalue weighted by Gasteiger charge is 2.36. The van der Waals surface area contributed by atoms with Crippen LogP contribution in [0, 0.1) is 0 Å². The van der Waals surface area contributed by atoms with E-state index in [9.17, 15) is 13.2 Å². The molecule has 0 fully saturated rings. The van der Waals surface area contributed by atoms with Gasteiger partial charge in [-0.25, -0.2) is 4.98 Å². The van der Waals surface area contributed by atoms with Crippen molar-refractivity contribution in [2.24, 2.45) is 0 Å². The first-order valence-electron chi connectivity index (χ1n) is 6.35. The molecule has 0 aliphatic heterocycles. The number of nitrogens with zero attached hydrogens (tertiary/aromatic N) is 1. The van der Waals surface area contributed by atoms with Gasteiger partial charge in [-0.05, 0) is 6.07 Å². The fourth-order valence-corrected chi connectivity index (χ4v) is 3.02. The molecule has 11 heteroatoms. The van der Waals surface area contributed by atoms with E-state index in [1.54, 1.807) is 0 Å². The number of rotatable bonds is 2. The molecule has 0 aliphatic rings. The van der Waals surface area contributed by atoms with Gasteiger partial charge in [0.1, 0.15) is 21.8 Å². The second-order valence-corrected chi connectivity index (χ2v) is 6.79. The van der Waals surface area contributed by atoms with Gasteiger partial charge in [-0.2, -0.15) is 13.2 Å². The van der Waals surface area contributed by atoms with Gasteiger partial charge in [-0.1, -0.05) is 58.0 Å². The fourth-order valence-electron chi connectivity index (χ4n) is 2.01. The molecule has 2 aromatic carbocycles. The van der Waals surface area contributed by atoms with E-state index >= 15 is 0 Å². The van der Waals surface area contributed by atoms with Crippen LogP contribution in [0.5, 0.6) is 11.5 Å². The van der Waals surface area contributed by atoms with Crippen molar-refractivity contribution < 1.29 is 17.9 Å². The number of alkyl halides is 3. The Morgan fingerprint density at radius 2 is 1.52 bits per heavy atom. The summed E-state index contributed by atoms with van der Waals surface area (Å²) in [6, 6.07) is 3.97. The van der Waals surface area contributed by atoms with Gasteiger partial charge in [0.2, 0.25) is 5.82 Å². The van der Waals surface area contributed by atoms with Crippen LogP contribution in [-0.4, -0.2) is 9.97 Å². The highest BCUT2D eigenvalue weighted by atomic mass is 35.5. The van der Waals surface area contributed by atoms with Crippen LogP contribution in [0.15, 0.2) is 18.2 Å². The Bertz CT molecular complexity index is 987. The van der Waals surface area contributed by atoms with E-state index in [-0.39, 0.29) is 47.6 Å². The molecular formula is C14H4Cl5F3N2O. The molecule has 1 N–H and O–H groups in total. The van der Waals surface area contributed by atoms with Gasteiger partial charge in [0.25, 0.3) is 0 Å². The predicted octanol–water partition coefficient (Wildman–Crippen LogP) is 7.64. The van der Waals surface area contributed by atoms with Gasteiger partial charge >= 0.3 is 6.18 Å². The largest absolute Gasteiger partial charge is 0.453 e. The minimum atomic E-state index is -4.71. The fraction of sp³-hybridized carbons (Fsp3) is 0.0714. The first-order chi connectivity index (χ1) is 11.6. The number of ether oxygens (including phenoxy) is 1. The van der Waals surface area contributed by atoms with E-state index in [1.165, 1.54) is 18.2 Å². The molecule has 3 rings (SSSR count). The van der Waals surface area contributed by atoms with Crippen LogP contribution in [0.2, 0.25) is 25.1 Å². The second kappa shape index (κ2) is 6.59. The molecule has 0 amide bonds. The molecule has 0 atom stereocenters. The first-order valence-corrected chi connectivity index (χ1v) is 8.24. The standard InChI is InChI=1S/C14H4Cl5F3N2O/c15-4-1-5(16)9(18)7(2-4)25-8-3-6(17)10(19)12-11(8)23-13(24-12)14(20,21)22/h1-3H,(H,23,24). The number of hydrogen-bond donors (Lipinski definition) is 1. The number of imidazole rings is 1. The normalized spacial score (nSPS) is 12.0. The van der Waals surface area contributed by atoms with Crippen LogP contribution in [0.25, 0.3) is 11.0 Å². The topological polar surface area (TPSA) is 37.9 Å². The van der Waals surface area contributed by atoms with Crippen LogP contribution in [0.4, 0.5) is 13.2 Å². The van der Waals surface area contributed by atoms with E-state index in [4.69, 9.17) is 62.7 Å². The molecule has 0 radical (unpaired) electrons. The zero-order valence-corrected chi connectivity index (χ0v) is 15.4. The van der Waals surface area contributed by atoms with Crippen molar-refractivity contribution in [2.75, 3.05) is 0 Å². The number of halogens is 8. The van der Waals surface area contributed by atoms with Gasteiger partial charge in [0, 0.05) is 17.2 Å². The molecule has 3 aromatic rings. The van der Waals surface area contributed by atoms with Gasteiger partial charge in [0.05, 0.1) is 15.1 Å². The Morgan fingerprint density at radius 3 is 2.16 bits per heavy atom. The molecule has 0 saturated heterocycles. The third-order valence-electron chi connectivity index (χ3n) is 3.07. The average molecular weight is 450 g/mol. The van der Waals surface area contributed by atoms with Crippen LogP contribution >= 0.6 is 58.0 Å². The number of nitrogens with one attached hydrogen (secondary N) is 1. The van der Waals surface area contributed by atoms with Crippen LogP contribution in [0.1, 0.15) is 5.82 Å². The zero-order chi connectivity index (χ0) is 18.5. The lowest BCUT2D eigenvalue weighted by Gasteiger charge is -2.11. The summed E-state index contributed by atoms with van der Waals surface area (Å²) in [6.45, 7) is 0. The number of H-pyrrole nitrogens is 1. The average Bonchev–Trinajstić information content (AvgIpc) is 2.95. The Kier molecular flexibility index (Phi) is 4.94. The van der Waals surface area contributed by atoms with Gasteiger partial charge in [0.15, 0.2) is 5.75 Å². The summed E-state index contributed by atoms with van der Waals surface area (Å²) in [5.74, 6) is -1.29. The molecule has 0 saturated carbocycles. The van der Waals surface area contributed by atoms with Crippen molar-refractivity contribution >= 4 is 69.0 Å². The summed E-state index contributed by atoms with van der Waals surface area (Å²) >= 11 is 29.7. The van der Waals surface area contributed by atoms with Crippen LogP contribution < -0.4 is 4.74 Å². The molecule has 3 nitrogen and oxygen atoms in total. The molecule has 0 bridgehead atoms. The number of aromatic amines is 1. The van der Waals surface area contributed by atoms with Crippen LogP contribution in [0.3, 0.4) is 0 Å². The maximum Gasteiger partial charge on any atom is 0.449 e. The Balaban J connectivity index is 2.20. The van der Waals surface area contributed by atoms with E-state index in [1.807, 2.05) is 0 Å². The smallest absolute Gasteiger partial charge is 0.449 e. The van der Waals surface area contributed by atoms with Crippen molar-refractivity contribution in [1.82, 2.24) is 9.97 Å². The molecule has 0 unspecified atom stereocenters. The maximum atomic E-state index is 12.9. The second-order valence-electron chi connectivity index (χ2n) is 4.78. The first kappa shape index (κ1) is 18.7. The summed E-state index contributed by atoms with van der Waals surface area (Å²) in [7, 11) is 0. The van der Waals surface area contributed by atoms with Gasteiger partial charge in [-0.15, -0.1) is 0 Å². The van der Waals surface area contributed by atoms with Crippen LogP contribution in [-0.2, 0) is 6.18 Å². The Hall–Kier alpha value is -1.05. The number of benzene rings is 2. The molecule has 0 aliphatic carbocycles. The van der Waals surface area contributed by atoms with Crippen molar-refractivity contribution in [1.29, 1.82) is 0 Å². The quantitative estimate of drug-likeness (QED) is 0.408. The van der Waals surface area contributed by atoms with Crippen molar-refractivity contribution in [3.8, 4) is 11.5 Å². The zero-order valence-electron chi connectivity index (χ0n) is 11.6. The molecule has 1 aromatic heterocycles. The lowest BCUT2D eigenvalue weighted by molar-refractivity contribution is -0.144. The lowest BCUT2D eigenvalue weighted by Crippen LogP contribution is -2.06. The van der Waals surface area contributed by atoms with Gasteiger partial charge in [-0.3, -0.25) is 0 Å². The Labute approximate surface area is 163 Å². The van der Waals surface area contributed by atoms with E-state index < -0.39 is 12.0 Å². The highest BCUT2D eigenvalue weighted by Crippen LogP contribution is 2.43. The van der Waals surface area contributed by atoms with Gasteiger partial charge < -0.3 is 9.72 Å². The third kappa shape index (κ3) is 3.59. The Morgan fingerprint density at radius 1 is 0.880 bits per heavy atom. The number of aromatic nitrogens is 2. The number of hydrogen-bond acceptors (Lipinski definition) is 2. The summed E-state index contributed by atoms with van der Waals surface area (Å²) < 4.78 is 44.3.